The van der Waals surface area contributed by atoms with E-state index >= 15 is 0 Å². The van der Waals surface area contributed by atoms with Gasteiger partial charge in [-0.3, -0.25) is 4.79 Å². The van der Waals surface area contributed by atoms with E-state index in [1.54, 1.807) is 13.0 Å². The number of para-hydroxylation sites is 1. The molecule has 1 heterocycles. The van der Waals surface area contributed by atoms with Crippen molar-refractivity contribution >= 4 is 33.5 Å². The highest BCUT2D eigenvalue weighted by Gasteiger charge is 2.19. The van der Waals surface area contributed by atoms with Crippen molar-refractivity contribution in [3.63, 3.8) is 0 Å². The smallest absolute Gasteiger partial charge is 0.265 e. The number of benzene rings is 3. The Morgan fingerprint density at radius 3 is 2.54 bits per heavy atom. The number of rotatable bonds is 5. The van der Waals surface area contributed by atoms with E-state index in [0.29, 0.717) is 22.8 Å². The van der Waals surface area contributed by atoms with Crippen molar-refractivity contribution in [1.82, 2.24) is 0 Å². The fourth-order valence-electron chi connectivity index (χ4n) is 3.02. The predicted molar refractivity (Wildman–Crippen MR) is 105 cm³/mol. The Hall–Kier alpha value is -3.54. The number of anilines is 1. The second-order valence-electron chi connectivity index (χ2n) is 6.35. The van der Waals surface area contributed by atoms with Crippen LogP contribution in [-0.4, -0.2) is 19.1 Å². The molecule has 0 saturated carbocycles. The fraction of sp³-hybridized carbons (Fsp3) is 0.136. The lowest BCUT2D eigenvalue weighted by Gasteiger charge is -2.16. The van der Waals surface area contributed by atoms with Gasteiger partial charge in [-0.1, -0.05) is 18.2 Å². The predicted octanol–water partition coefficient (Wildman–Crippen LogP) is 5.14. The summed E-state index contributed by atoms with van der Waals surface area (Å²) in [5, 5.41) is 4.68. The van der Waals surface area contributed by atoms with Crippen LogP contribution in [0.15, 0.2) is 65.1 Å². The number of furan rings is 1. The van der Waals surface area contributed by atoms with Crippen molar-refractivity contribution in [2.45, 2.75) is 13.0 Å². The van der Waals surface area contributed by atoms with Crippen LogP contribution < -0.4 is 14.8 Å². The molecule has 0 saturated heterocycles. The maximum atomic E-state index is 13.0. The Bertz CT molecular complexity index is 1150. The molecule has 0 unspecified atom stereocenters. The van der Waals surface area contributed by atoms with E-state index in [9.17, 15) is 9.18 Å². The van der Waals surface area contributed by atoms with Crippen LogP contribution in [0.25, 0.3) is 21.9 Å². The van der Waals surface area contributed by atoms with Crippen LogP contribution in [0.4, 0.5) is 10.1 Å². The zero-order chi connectivity index (χ0) is 19.7. The number of amides is 1. The van der Waals surface area contributed by atoms with Crippen molar-refractivity contribution < 1.29 is 23.1 Å². The molecule has 4 aromatic rings. The lowest BCUT2D eigenvalue weighted by Crippen LogP contribution is -2.30. The van der Waals surface area contributed by atoms with Crippen LogP contribution >= 0.6 is 0 Å². The molecule has 1 N–H and O–H groups in total. The van der Waals surface area contributed by atoms with E-state index in [1.807, 2.05) is 30.3 Å². The number of hydrogen-bond acceptors (Lipinski definition) is 4. The third kappa shape index (κ3) is 3.36. The molecule has 0 bridgehead atoms. The molecule has 0 radical (unpaired) electrons. The van der Waals surface area contributed by atoms with Crippen LogP contribution in [0.2, 0.25) is 0 Å². The standard InChI is InChI=1S/C22H18FNO4/c1-13(27-15-9-7-14(23)8-10-15)22(25)24-18-12-20-17(11-21(18)26-2)16-5-3-4-6-19(16)28-20/h3-13H,1-2H3,(H,24,25)/t13-/m0/s1. The minimum Gasteiger partial charge on any atom is -0.495 e. The van der Waals surface area contributed by atoms with Crippen LogP contribution in [0.3, 0.4) is 0 Å². The van der Waals surface area contributed by atoms with Crippen molar-refractivity contribution in [3.05, 3.63) is 66.5 Å². The Balaban J connectivity index is 1.59. The van der Waals surface area contributed by atoms with Gasteiger partial charge in [0.2, 0.25) is 0 Å². The van der Waals surface area contributed by atoms with Gasteiger partial charge in [0.25, 0.3) is 5.91 Å². The number of hydrogen-bond donors (Lipinski definition) is 1. The van der Waals surface area contributed by atoms with Gasteiger partial charge in [-0.25, -0.2) is 4.39 Å². The Kier molecular flexibility index (Phi) is 4.61. The molecule has 142 valence electrons. The zero-order valence-corrected chi connectivity index (χ0v) is 15.4. The molecule has 0 aliphatic rings. The summed E-state index contributed by atoms with van der Waals surface area (Å²) in [6.07, 6.45) is -0.790. The van der Waals surface area contributed by atoms with E-state index in [-0.39, 0.29) is 11.7 Å². The monoisotopic (exact) mass is 379 g/mol. The first-order valence-corrected chi connectivity index (χ1v) is 8.77. The normalized spacial score (nSPS) is 12.1. The molecule has 4 rings (SSSR count). The van der Waals surface area contributed by atoms with Gasteiger partial charge >= 0.3 is 0 Å². The quantitative estimate of drug-likeness (QED) is 0.522. The van der Waals surface area contributed by atoms with Crippen LogP contribution in [0.1, 0.15) is 6.92 Å². The number of carbonyl (C=O) groups is 1. The maximum Gasteiger partial charge on any atom is 0.265 e. The van der Waals surface area contributed by atoms with Gasteiger partial charge in [0.05, 0.1) is 12.8 Å². The van der Waals surface area contributed by atoms with Gasteiger partial charge in [0, 0.05) is 16.8 Å². The summed E-state index contributed by atoms with van der Waals surface area (Å²) in [6.45, 7) is 1.62. The van der Waals surface area contributed by atoms with Gasteiger partial charge < -0.3 is 19.2 Å². The van der Waals surface area contributed by atoms with Gasteiger partial charge in [0.1, 0.15) is 28.5 Å². The van der Waals surface area contributed by atoms with Gasteiger partial charge in [-0.15, -0.1) is 0 Å². The first kappa shape index (κ1) is 17.9. The molecule has 0 spiro atoms. The Morgan fingerprint density at radius 2 is 1.79 bits per heavy atom. The lowest BCUT2D eigenvalue weighted by molar-refractivity contribution is -0.122. The number of halogens is 1. The Labute approximate surface area is 160 Å². The molecule has 1 aromatic heterocycles. The SMILES string of the molecule is COc1cc2c(cc1NC(=O)[C@H](C)Oc1ccc(F)cc1)oc1ccccc12. The third-order valence-electron chi connectivity index (χ3n) is 4.45. The summed E-state index contributed by atoms with van der Waals surface area (Å²) in [5.41, 5.74) is 1.88. The molecule has 3 aromatic carbocycles. The van der Waals surface area contributed by atoms with Gasteiger partial charge in [-0.05, 0) is 43.3 Å². The zero-order valence-electron chi connectivity index (χ0n) is 15.4. The lowest BCUT2D eigenvalue weighted by atomic mass is 10.1. The molecular weight excluding hydrogens is 361 g/mol. The molecule has 6 heteroatoms. The van der Waals surface area contributed by atoms with E-state index in [1.165, 1.54) is 31.4 Å². The maximum absolute atomic E-state index is 13.0. The summed E-state index contributed by atoms with van der Waals surface area (Å²) in [7, 11) is 1.54. The summed E-state index contributed by atoms with van der Waals surface area (Å²) >= 11 is 0. The van der Waals surface area contributed by atoms with Crippen LogP contribution in [-0.2, 0) is 4.79 Å². The number of nitrogens with one attached hydrogen (secondary N) is 1. The second kappa shape index (κ2) is 7.23. The highest BCUT2D eigenvalue weighted by molar-refractivity contribution is 6.08. The minimum atomic E-state index is -0.790. The summed E-state index contributed by atoms with van der Waals surface area (Å²) in [5.74, 6) is 0.191. The number of carbonyl (C=O) groups excluding carboxylic acids is 1. The van der Waals surface area contributed by atoms with Gasteiger partial charge in [0.15, 0.2) is 6.10 Å². The molecule has 5 nitrogen and oxygen atoms in total. The molecule has 0 fully saturated rings. The molecular formula is C22H18FNO4. The Morgan fingerprint density at radius 1 is 1.04 bits per heavy atom. The first-order chi connectivity index (χ1) is 13.5. The van der Waals surface area contributed by atoms with Gasteiger partial charge in [-0.2, -0.15) is 0 Å². The topological polar surface area (TPSA) is 60.7 Å². The van der Waals surface area contributed by atoms with Crippen molar-refractivity contribution in [2.24, 2.45) is 0 Å². The fourth-order valence-corrected chi connectivity index (χ4v) is 3.02. The number of fused-ring (bicyclic) bond motifs is 3. The second-order valence-corrected chi connectivity index (χ2v) is 6.35. The van der Waals surface area contributed by atoms with Crippen LogP contribution in [0, 0.1) is 5.82 Å². The molecule has 1 atom stereocenters. The molecule has 0 aliphatic carbocycles. The van der Waals surface area contributed by atoms with E-state index < -0.39 is 6.10 Å². The largest absolute Gasteiger partial charge is 0.495 e. The highest BCUT2D eigenvalue weighted by Crippen LogP contribution is 2.36. The van der Waals surface area contributed by atoms with E-state index in [4.69, 9.17) is 13.9 Å². The average molecular weight is 379 g/mol. The number of ether oxygens (including phenoxy) is 2. The van der Waals surface area contributed by atoms with Crippen LogP contribution in [0.5, 0.6) is 11.5 Å². The average Bonchev–Trinajstić information content (AvgIpc) is 3.06. The summed E-state index contributed by atoms with van der Waals surface area (Å²) < 4.78 is 29.9. The van der Waals surface area contributed by atoms with Crippen molar-refractivity contribution in [2.75, 3.05) is 12.4 Å². The van der Waals surface area contributed by atoms with Crippen molar-refractivity contribution in [3.8, 4) is 11.5 Å². The highest BCUT2D eigenvalue weighted by atomic mass is 19.1. The summed E-state index contributed by atoms with van der Waals surface area (Å²) in [4.78, 5) is 12.6. The number of methoxy groups -OCH3 is 1. The molecule has 28 heavy (non-hydrogen) atoms. The molecule has 0 aliphatic heterocycles. The first-order valence-electron chi connectivity index (χ1n) is 8.77. The van der Waals surface area contributed by atoms with Crippen molar-refractivity contribution in [1.29, 1.82) is 0 Å². The summed E-state index contributed by atoms with van der Waals surface area (Å²) in [6, 6.07) is 16.8. The van der Waals surface area contributed by atoms with E-state index in [2.05, 4.69) is 5.32 Å². The third-order valence-corrected chi connectivity index (χ3v) is 4.45. The minimum absolute atomic E-state index is 0.363. The van der Waals surface area contributed by atoms with E-state index in [0.717, 1.165) is 16.4 Å². The molecule has 1 amide bonds.